The largest absolute Gasteiger partial charge is 0.736 e. The number of ether oxygens (including phenoxy) is 1. The van der Waals surface area contributed by atoms with Crippen LogP contribution >= 0.6 is 7.82 Å². The monoisotopic (exact) mass is 631 g/mol. The van der Waals surface area contributed by atoms with Crippen molar-refractivity contribution < 1.29 is 27.8 Å². The normalized spacial score (nSPS) is 12.6. The number of phosphoric ester groups is 1. The predicted octanol–water partition coefficient (Wildman–Crippen LogP) is 9.96. The molecule has 0 radical (unpaired) electrons. The van der Waals surface area contributed by atoms with Gasteiger partial charge >= 0.3 is 7.82 Å². The summed E-state index contributed by atoms with van der Waals surface area (Å²) in [6, 6.07) is 26.0. The molecule has 0 saturated heterocycles. The van der Waals surface area contributed by atoms with Gasteiger partial charge in [0.1, 0.15) is 17.2 Å². The van der Waals surface area contributed by atoms with E-state index in [2.05, 4.69) is 29.7 Å². The van der Waals surface area contributed by atoms with Gasteiger partial charge in [0.15, 0.2) is 12.7 Å². The second-order valence-electron chi connectivity index (χ2n) is 11.9. The fraction of sp³-hybridized carbons (Fsp3) is 0.447. The van der Waals surface area contributed by atoms with Gasteiger partial charge in [-0.05, 0) is 42.8 Å². The van der Waals surface area contributed by atoms with Gasteiger partial charge in [-0.25, -0.2) is 4.57 Å². The molecule has 3 aromatic carbocycles. The van der Waals surface area contributed by atoms with E-state index < -0.39 is 7.82 Å². The predicted molar refractivity (Wildman–Crippen MR) is 181 cm³/mol. The number of hydrogen-bond donors (Lipinski definition) is 0. The van der Waals surface area contributed by atoms with E-state index in [1.54, 1.807) is 36.4 Å². The molecule has 242 valence electrons. The number of hydrogen-bond acceptors (Lipinski definition) is 5. The topological polar surface area (TPSA) is 71.7 Å². The average Bonchev–Trinajstić information content (AvgIpc) is 3.03. The van der Waals surface area contributed by atoms with Gasteiger partial charge in [-0.3, -0.25) is 0 Å². The van der Waals surface area contributed by atoms with Crippen molar-refractivity contribution in [2.45, 2.75) is 103 Å². The Kier molecular flexibility index (Phi) is 14.8. The lowest BCUT2D eigenvalue weighted by Gasteiger charge is -2.24. The zero-order chi connectivity index (χ0) is 31.6. The smallest absolute Gasteiger partial charge is 0.372 e. The molecule has 0 saturated carbocycles. The zero-order valence-corrected chi connectivity index (χ0v) is 27.8. The van der Waals surface area contributed by atoms with E-state index in [1.165, 1.54) is 77.0 Å². The number of unbranched alkanes of at least 4 members (excludes halogenated alkanes) is 13. The fourth-order valence-electron chi connectivity index (χ4n) is 5.64. The molecule has 0 fully saturated rings. The second-order valence-corrected chi connectivity index (χ2v) is 13.2. The molecule has 4 rings (SSSR count). The third-order valence-electron chi connectivity index (χ3n) is 8.05. The summed E-state index contributed by atoms with van der Waals surface area (Å²) < 4.78 is 31.4. The molecule has 7 heteroatoms. The van der Waals surface area contributed by atoms with Crippen LogP contribution in [-0.2, 0) is 11.1 Å². The Morgan fingerprint density at radius 3 is 1.87 bits per heavy atom. The zero-order valence-electron chi connectivity index (χ0n) is 26.9. The van der Waals surface area contributed by atoms with Crippen molar-refractivity contribution in [1.29, 1.82) is 0 Å². The minimum atomic E-state index is -4.67. The molecule has 1 unspecified atom stereocenters. The van der Waals surface area contributed by atoms with Gasteiger partial charge in [0.2, 0.25) is 5.52 Å². The molecule has 0 spiro atoms. The van der Waals surface area contributed by atoms with Crippen LogP contribution in [0.3, 0.4) is 0 Å². The van der Waals surface area contributed by atoms with Gasteiger partial charge in [0.25, 0.3) is 0 Å². The Bertz CT molecular complexity index is 1470. The van der Waals surface area contributed by atoms with Crippen LogP contribution in [0, 0.1) is 0 Å². The number of fused-ring (bicyclic) bond motifs is 1. The fourth-order valence-corrected chi connectivity index (χ4v) is 6.42. The van der Waals surface area contributed by atoms with E-state index in [0.717, 1.165) is 29.3 Å². The quantitative estimate of drug-likeness (QED) is 0.0490. The summed E-state index contributed by atoms with van der Waals surface area (Å²) >= 11 is 0. The lowest BCUT2D eigenvalue weighted by atomic mass is 10.0. The Balaban J connectivity index is 1.13. The van der Waals surface area contributed by atoms with Crippen molar-refractivity contribution in [3.8, 4) is 17.2 Å². The van der Waals surface area contributed by atoms with Gasteiger partial charge in [-0.1, -0.05) is 121 Å². The lowest BCUT2D eigenvalue weighted by molar-refractivity contribution is -0.662. The van der Waals surface area contributed by atoms with Crippen LogP contribution < -0.4 is 23.2 Å². The van der Waals surface area contributed by atoms with E-state index in [0.29, 0.717) is 18.9 Å². The van der Waals surface area contributed by atoms with E-state index in [-0.39, 0.29) is 11.5 Å². The van der Waals surface area contributed by atoms with Crippen LogP contribution in [0.2, 0.25) is 0 Å². The molecule has 4 aromatic rings. The van der Waals surface area contributed by atoms with Gasteiger partial charge in [0.05, 0.1) is 6.61 Å². The second kappa shape index (κ2) is 19.2. The first kappa shape index (κ1) is 34.5. The first-order chi connectivity index (χ1) is 22.0. The minimum absolute atomic E-state index is 0.161. The number of phosphoric acid groups is 1. The maximum absolute atomic E-state index is 12.8. The third-order valence-corrected chi connectivity index (χ3v) is 8.91. The molecule has 0 amide bonds. The molecular weight excluding hydrogens is 581 g/mol. The van der Waals surface area contributed by atoms with Gasteiger partial charge in [-0.15, -0.1) is 0 Å². The van der Waals surface area contributed by atoms with E-state index in [4.69, 9.17) is 13.8 Å². The molecule has 0 aliphatic heterocycles. The molecular formula is C38H50NO5P. The summed E-state index contributed by atoms with van der Waals surface area (Å²) in [5.74, 6) is 0.947. The summed E-state index contributed by atoms with van der Waals surface area (Å²) in [6.07, 6.45) is 20.4. The molecule has 45 heavy (non-hydrogen) atoms. The molecule has 1 atom stereocenters. The van der Waals surface area contributed by atoms with Crippen molar-refractivity contribution in [3.63, 3.8) is 0 Å². The molecule has 1 heterocycles. The van der Waals surface area contributed by atoms with Crippen LogP contribution in [0.4, 0.5) is 0 Å². The lowest BCUT2D eigenvalue weighted by Crippen LogP contribution is -2.34. The summed E-state index contributed by atoms with van der Waals surface area (Å²) in [4.78, 5) is 12.8. The summed E-state index contributed by atoms with van der Waals surface area (Å²) in [5, 5.41) is 1.13. The van der Waals surface area contributed by atoms with Crippen molar-refractivity contribution >= 4 is 18.7 Å². The molecule has 6 nitrogen and oxygen atoms in total. The first-order valence-electron chi connectivity index (χ1n) is 16.9. The molecule has 1 aromatic heterocycles. The highest BCUT2D eigenvalue weighted by atomic mass is 31.2. The number of nitrogens with zero attached hydrogens (tertiary/aromatic N) is 1. The van der Waals surface area contributed by atoms with Crippen molar-refractivity contribution in [2.75, 3.05) is 6.61 Å². The van der Waals surface area contributed by atoms with Crippen LogP contribution in [0.25, 0.3) is 10.9 Å². The maximum atomic E-state index is 12.8. The van der Waals surface area contributed by atoms with Crippen molar-refractivity contribution in [3.05, 3.63) is 96.7 Å². The highest BCUT2D eigenvalue weighted by Crippen LogP contribution is 2.41. The molecule has 0 aliphatic carbocycles. The van der Waals surface area contributed by atoms with Crippen LogP contribution in [0.15, 0.2) is 91.1 Å². The minimum Gasteiger partial charge on any atom is -0.736 e. The standard InChI is InChI=1S/C38H50NO5P/c1-2-3-4-5-6-7-8-9-10-11-12-13-14-17-29-42-35-24-19-26-37(31-35)44-45(40,41)43-36-25-18-21-33(30-36)32-39-28-20-23-34-22-15-16-27-38(34)39/h15-16,18-28,30-31H,2-14,17,29,32H2,1H3. The number of aromatic nitrogens is 1. The SMILES string of the molecule is CCCCCCCCCCCCCCCCOc1cccc(OP(=O)([O-])Oc2cccc(C[n+]3cccc4ccccc43)c2)c1. The Labute approximate surface area is 270 Å². The first-order valence-corrected chi connectivity index (χ1v) is 18.4. The molecule has 0 N–H and O–H groups in total. The number of pyridine rings is 1. The summed E-state index contributed by atoms with van der Waals surface area (Å²) in [7, 11) is -4.67. The van der Waals surface area contributed by atoms with Gasteiger partial charge in [-0.2, -0.15) is 4.57 Å². The van der Waals surface area contributed by atoms with Gasteiger partial charge in [0, 0.05) is 29.1 Å². The summed E-state index contributed by atoms with van der Waals surface area (Å²) in [6.45, 7) is 3.43. The van der Waals surface area contributed by atoms with E-state index in [1.807, 2.05) is 36.5 Å². The summed E-state index contributed by atoms with van der Waals surface area (Å²) in [5.41, 5.74) is 2.00. The van der Waals surface area contributed by atoms with E-state index in [9.17, 15) is 9.46 Å². The molecule has 0 aliphatic rings. The Morgan fingerprint density at radius 2 is 1.18 bits per heavy atom. The van der Waals surface area contributed by atoms with Crippen LogP contribution in [0.1, 0.15) is 102 Å². The van der Waals surface area contributed by atoms with Crippen LogP contribution in [0.5, 0.6) is 17.2 Å². The van der Waals surface area contributed by atoms with Crippen molar-refractivity contribution in [1.82, 2.24) is 0 Å². The number of rotatable bonds is 22. The number of para-hydroxylation sites is 1. The molecule has 0 bridgehead atoms. The average molecular weight is 632 g/mol. The maximum Gasteiger partial charge on any atom is 0.372 e. The van der Waals surface area contributed by atoms with E-state index >= 15 is 0 Å². The highest BCUT2D eigenvalue weighted by Gasteiger charge is 2.16. The van der Waals surface area contributed by atoms with Crippen LogP contribution in [-0.4, -0.2) is 6.61 Å². The number of benzene rings is 3. The Morgan fingerprint density at radius 1 is 0.622 bits per heavy atom. The van der Waals surface area contributed by atoms with Crippen molar-refractivity contribution in [2.24, 2.45) is 0 Å². The highest BCUT2D eigenvalue weighted by molar-refractivity contribution is 7.46. The third kappa shape index (κ3) is 12.9. The van der Waals surface area contributed by atoms with Gasteiger partial charge < -0.3 is 18.7 Å². The Hall–Kier alpha value is -3.34.